The van der Waals surface area contributed by atoms with Crippen LogP contribution in [0, 0.1) is 5.82 Å². The fraction of sp³-hybridized carbons (Fsp3) is 0.538. The number of hydrogen-bond acceptors (Lipinski definition) is 4. The van der Waals surface area contributed by atoms with Crippen LogP contribution in [0.3, 0.4) is 0 Å². The standard InChI is InChI=1S/C13H18BrFN2O2S2/c1-20-13(3-2-4-13)8-17-21(18,19)11-6-10(14)5-9(7-16)12(11)15/h5-6,17H,2-4,7-8,16H2,1H3. The molecule has 1 aliphatic carbocycles. The third-order valence-corrected chi connectivity index (χ3v) is 7.15. The Morgan fingerprint density at radius 2 is 2.14 bits per heavy atom. The van der Waals surface area contributed by atoms with Gasteiger partial charge in [-0.05, 0) is 31.2 Å². The first-order valence-electron chi connectivity index (χ1n) is 6.56. The van der Waals surface area contributed by atoms with Gasteiger partial charge in [0.2, 0.25) is 10.0 Å². The lowest BCUT2D eigenvalue weighted by atomic mass is 9.84. The molecule has 0 aromatic heterocycles. The Labute approximate surface area is 137 Å². The highest BCUT2D eigenvalue weighted by Crippen LogP contribution is 2.42. The fourth-order valence-corrected chi connectivity index (χ4v) is 5.22. The second kappa shape index (κ2) is 6.54. The number of halogens is 2. The molecule has 1 aromatic rings. The van der Waals surface area contributed by atoms with Crippen molar-refractivity contribution < 1.29 is 12.8 Å². The quantitative estimate of drug-likeness (QED) is 0.774. The molecule has 0 unspecified atom stereocenters. The van der Waals surface area contributed by atoms with E-state index >= 15 is 0 Å². The fourth-order valence-electron chi connectivity index (χ4n) is 2.29. The molecule has 0 heterocycles. The van der Waals surface area contributed by atoms with Crippen LogP contribution >= 0.6 is 27.7 Å². The molecule has 3 N–H and O–H groups in total. The molecule has 0 atom stereocenters. The summed E-state index contributed by atoms with van der Waals surface area (Å²) < 4.78 is 41.9. The zero-order chi connectivity index (χ0) is 15.7. The number of benzene rings is 1. The lowest BCUT2D eigenvalue weighted by molar-refractivity contribution is 0.361. The maximum Gasteiger partial charge on any atom is 0.243 e. The third kappa shape index (κ3) is 3.61. The van der Waals surface area contributed by atoms with Crippen molar-refractivity contribution in [3.63, 3.8) is 0 Å². The molecule has 1 aliphatic rings. The Hall–Kier alpha value is -0.150. The van der Waals surface area contributed by atoms with Crippen molar-refractivity contribution in [2.45, 2.75) is 35.4 Å². The van der Waals surface area contributed by atoms with Crippen molar-refractivity contribution in [3.8, 4) is 0 Å². The highest BCUT2D eigenvalue weighted by molar-refractivity contribution is 9.10. The molecule has 21 heavy (non-hydrogen) atoms. The predicted molar refractivity (Wildman–Crippen MR) is 87.3 cm³/mol. The zero-order valence-corrected chi connectivity index (χ0v) is 14.9. The van der Waals surface area contributed by atoms with E-state index in [1.165, 1.54) is 12.1 Å². The maximum absolute atomic E-state index is 14.2. The Bertz CT molecular complexity index is 628. The van der Waals surface area contributed by atoms with Gasteiger partial charge in [-0.1, -0.05) is 22.4 Å². The summed E-state index contributed by atoms with van der Waals surface area (Å²) in [6, 6.07) is 2.76. The van der Waals surface area contributed by atoms with Crippen LogP contribution in [0.1, 0.15) is 24.8 Å². The molecule has 1 fully saturated rings. The monoisotopic (exact) mass is 396 g/mol. The van der Waals surface area contributed by atoms with Gasteiger partial charge in [-0.15, -0.1) is 0 Å². The Balaban J connectivity index is 2.25. The van der Waals surface area contributed by atoms with Crippen LogP contribution in [0.4, 0.5) is 4.39 Å². The van der Waals surface area contributed by atoms with Crippen molar-refractivity contribution in [2.75, 3.05) is 12.8 Å². The average Bonchev–Trinajstić information content (AvgIpc) is 2.40. The maximum atomic E-state index is 14.2. The summed E-state index contributed by atoms with van der Waals surface area (Å²) in [4.78, 5) is -0.354. The molecule has 8 heteroatoms. The van der Waals surface area contributed by atoms with Gasteiger partial charge in [-0.3, -0.25) is 0 Å². The summed E-state index contributed by atoms with van der Waals surface area (Å²) in [7, 11) is -3.89. The summed E-state index contributed by atoms with van der Waals surface area (Å²) in [6.07, 6.45) is 5.03. The Morgan fingerprint density at radius 1 is 1.48 bits per heavy atom. The number of nitrogens with one attached hydrogen (secondary N) is 1. The van der Waals surface area contributed by atoms with Gasteiger partial charge < -0.3 is 5.73 Å². The van der Waals surface area contributed by atoms with Crippen LogP contribution in [-0.2, 0) is 16.6 Å². The van der Waals surface area contributed by atoms with Gasteiger partial charge >= 0.3 is 0 Å². The molecule has 0 bridgehead atoms. The van der Waals surface area contributed by atoms with Gasteiger partial charge in [0.1, 0.15) is 10.7 Å². The van der Waals surface area contributed by atoms with Crippen molar-refractivity contribution in [3.05, 3.63) is 28.0 Å². The number of rotatable bonds is 6. The summed E-state index contributed by atoms with van der Waals surface area (Å²) in [5, 5.41) is 0. The van der Waals surface area contributed by atoms with E-state index < -0.39 is 15.8 Å². The van der Waals surface area contributed by atoms with Gasteiger partial charge in [0.15, 0.2) is 0 Å². The topological polar surface area (TPSA) is 72.2 Å². The number of thioether (sulfide) groups is 1. The zero-order valence-electron chi connectivity index (χ0n) is 11.7. The van der Waals surface area contributed by atoms with E-state index in [2.05, 4.69) is 20.7 Å². The van der Waals surface area contributed by atoms with E-state index in [9.17, 15) is 12.8 Å². The second-order valence-corrected chi connectivity index (χ2v) is 9.07. The van der Waals surface area contributed by atoms with Gasteiger partial charge in [-0.2, -0.15) is 11.8 Å². The molecule has 2 rings (SSSR count). The number of hydrogen-bond donors (Lipinski definition) is 2. The SMILES string of the molecule is CSC1(CNS(=O)(=O)c2cc(Br)cc(CN)c2F)CCC1. The minimum atomic E-state index is -3.89. The van der Waals surface area contributed by atoms with Crippen molar-refractivity contribution in [1.82, 2.24) is 4.72 Å². The summed E-state index contributed by atoms with van der Waals surface area (Å²) in [5.74, 6) is -0.778. The second-order valence-electron chi connectivity index (χ2n) is 5.15. The minimum absolute atomic E-state index is 0.0493. The summed E-state index contributed by atoms with van der Waals surface area (Å²) in [5.41, 5.74) is 5.62. The summed E-state index contributed by atoms with van der Waals surface area (Å²) in [6.45, 7) is 0.267. The molecule has 118 valence electrons. The molecule has 1 aromatic carbocycles. The van der Waals surface area contributed by atoms with Crippen LogP contribution in [0.5, 0.6) is 0 Å². The van der Waals surface area contributed by atoms with Crippen LogP contribution in [0.15, 0.2) is 21.5 Å². The average molecular weight is 397 g/mol. The number of sulfonamides is 1. The largest absolute Gasteiger partial charge is 0.326 e. The molecule has 0 aliphatic heterocycles. The van der Waals surface area contributed by atoms with Gasteiger partial charge in [0.05, 0.1) is 0 Å². The molecule has 0 radical (unpaired) electrons. The smallest absolute Gasteiger partial charge is 0.243 e. The molecule has 0 amide bonds. The molecule has 1 saturated carbocycles. The van der Waals surface area contributed by atoms with E-state index in [0.29, 0.717) is 11.0 Å². The predicted octanol–water partition coefficient (Wildman–Crippen LogP) is 2.61. The highest BCUT2D eigenvalue weighted by atomic mass is 79.9. The third-order valence-electron chi connectivity index (χ3n) is 3.87. The molecular formula is C13H18BrFN2O2S2. The normalized spacial score (nSPS) is 17.5. The van der Waals surface area contributed by atoms with Crippen LogP contribution in [0.25, 0.3) is 0 Å². The van der Waals surface area contributed by atoms with E-state index in [1.807, 2.05) is 6.26 Å². The van der Waals surface area contributed by atoms with E-state index in [4.69, 9.17) is 5.73 Å². The van der Waals surface area contributed by atoms with Crippen LogP contribution < -0.4 is 10.5 Å². The lowest BCUT2D eigenvalue weighted by Crippen LogP contribution is -2.45. The minimum Gasteiger partial charge on any atom is -0.326 e. The number of nitrogens with two attached hydrogens (primary N) is 1. The Morgan fingerprint density at radius 3 is 2.62 bits per heavy atom. The first-order chi connectivity index (χ1) is 9.83. The first-order valence-corrected chi connectivity index (χ1v) is 10.1. The molecular weight excluding hydrogens is 379 g/mol. The van der Waals surface area contributed by atoms with Crippen molar-refractivity contribution in [1.29, 1.82) is 0 Å². The lowest BCUT2D eigenvalue weighted by Gasteiger charge is -2.40. The van der Waals surface area contributed by atoms with Crippen LogP contribution in [0.2, 0.25) is 0 Å². The van der Waals surface area contributed by atoms with Crippen molar-refractivity contribution in [2.24, 2.45) is 5.73 Å². The molecule has 0 saturated heterocycles. The van der Waals surface area contributed by atoms with E-state index in [1.54, 1.807) is 11.8 Å². The highest BCUT2D eigenvalue weighted by Gasteiger charge is 2.37. The van der Waals surface area contributed by atoms with Crippen LogP contribution in [-0.4, -0.2) is 26.0 Å². The molecule has 4 nitrogen and oxygen atoms in total. The summed E-state index contributed by atoms with van der Waals surface area (Å²) >= 11 is 4.85. The van der Waals surface area contributed by atoms with Crippen molar-refractivity contribution >= 4 is 37.7 Å². The van der Waals surface area contributed by atoms with E-state index in [0.717, 1.165) is 19.3 Å². The van der Waals surface area contributed by atoms with E-state index in [-0.39, 0.29) is 21.8 Å². The van der Waals surface area contributed by atoms with Gasteiger partial charge in [-0.25, -0.2) is 17.5 Å². The van der Waals surface area contributed by atoms with Gasteiger partial charge in [0, 0.05) is 27.9 Å². The first kappa shape index (κ1) is 17.2. The Kier molecular flexibility index (Phi) is 5.36. The van der Waals surface area contributed by atoms with Gasteiger partial charge in [0.25, 0.3) is 0 Å². The molecule has 0 spiro atoms.